The summed E-state index contributed by atoms with van der Waals surface area (Å²) >= 11 is 1.37. The van der Waals surface area contributed by atoms with E-state index in [2.05, 4.69) is 0 Å². The van der Waals surface area contributed by atoms with Crippen molar-refractivity contribution in [2.45, 2.75) is 36.3 Å². The van der Waals surface area contributed by atoms with Gasteiger partial charge in [-0.1, -0.05) is 30.3 Å². The van der Waals surface area contributed by atoms with E-state index < -0.39 is 29.9 Å². The Balaban J connectivity index is 1.85. The summed E-state index contributed by atoms with van der Waals surface area (Å²) in [5.74, 6) is 0.715. The first-order chi connectivity index (χ1) is 9.63. The van der Waals surface area contributed by atoms with Crippen LogP contribution < -0.4 is 0 Å². The highest BCUT2D eigenvalue weighted by molar-refractivity contribution is 7.99. The minimum Gasteiger partial charge on any atom is -0.394 e. The van der Waals surface area contributed by atoms with Crippen LogP contribution in [-0.2, 0) is 11.2 Å². The number of thioether (sulfide) groups is 1. The van der Waals surface area contributed by atoms with E-state index in [1.807, 2.05) is 30.3 Å². The Hall–Kier alpha value is -0.630. The maximum Gasteiger partial charge on any atom is 0.132 e. The second-order valence-corrected chi connectivity index (χ2v) is 6.01. The van der Waals surface area contributed by atoms with Crippen LogP contribution in [-0.4, -0.2) is 62.6 Å². The number of ether oxygens (including phenoxy) is 1. The molecule has 0 aliphatic carbocycles. The van der Waals surface area contributed by atoms with Crippen LogP contribution in [0, 0.1) is 0 Å². The molecule has 0 amide bonds. The number of aliphatic hydroxyl groups excluding tert-OH is 4. The molecule has 5 atom stereocenters. The highest BCUT2D eigenvalue weighted by Gasteiger charge is 2.43. The molecular formula is C14H20O5S. The van der Waals surface area contributed by atoms with Crippen molar-refractivity contribution in [1.29, 1.82) is 0 Å². The highest BCUT2D eigenvalue weighted by Crippen LogP contribution is 2.28. The van der Waals surface area contributed by atoms with Crippen molar-refractivity contribution in [2.24, 2.45) is 0 Å². The van der Waals surface area contributed by atoms with E-state index in [1.54, 1.807) is 0 Å². The van der Waals surface area contributed by atoms with E-state index in [1.165, 1.54) is 17.3 Å². The van der Waals surface area contributed by atoms with Crippen LogP contribution in [0.2, 0.25) is 0 Å². The first-order valence-corrected chi connectivity index (χ1v) is 7.64. The lowest BCUT2D eigenvalue weighted by atomic mass is 10.0. The minimum absolute atomic E-state index is 0.388. The molecule has 1 fully saturated rings. The van der Waals surface area contributed by atoms with Gasteiger partial charge in [0, 0.05) is 0 Å². The summed E-state index contributed by atoms with van der Waals surface area (Å²) in [6.45, 7) is -0.388. The molecule has 112 valence electrons. The molecule has 0 unspecified atom stereocenters. The van der Waals surface area contributed by atoms with Crippen molar-refractivity contribution in [1.82, 2.24) is 0 Å². The van der Waals surface area contributed by atoms with Crippen LogP contribution >= 0.6 is 11.8 Å². The standard InChI is InChI=1S/C14H20O5S/c15-8-10-11(16)12(17)13(18)14(19-10)20-7-6-9-4-2-1-3-5-9/h1-5,10-18H,6-8H2/t10-,11-,12+,13-,14+/m1/s1. The number of aryl methyl sites for hydroxylation is 1. The van der Waals surface area contributed by atoms with E-state index in [-0.39, 0.29) is 6.61 Å². The summed E-state index contributed by atoms with van der Waals surface area (Å²) in [4.78, 5) is 0. The van der Waals surface area contributed by atoms with Crippen LogP contribution in [0.4, 0.5) is 0 Å². The molecule has 1 aromatic rings. The summed E-state index contributed by atoms with van der Waals surface area (Å²) in [7, 11) is 0. The van der Waals surface area contributed by atoms with Gasteiger partial charge in [-0.05, 0) is 17.7 Å². The molecule has 1 aliphatic heterocycles. The summed E-state index contributed by atoms with van der Waals surface area (Å²) < 4.78 is 5.42. The molecule has 0 spiro atoms. The van der Waals surface area contributed by atoms with Gasteiger partial charge in [-0.2, -0.15) is 0 Å². The number of hydrogen-bond donors (Lipinski definition) is 4. The normalized spacial score (nSPS) is 34.1. The molecule has 6 heteroatoms. The van der Waals surface area contributed by atoms with Gasteiger partial charge >= 0.3 is 0 Å². The van der Waals surface area contributed by atoms with E-state index in [9.17, 15) is 15.3 Å². The van der Waals surface area contributed by atoms with Gasteiger partial charge in [0.1, 0.15) is 29.9 Å². The molecule has 1 heterocycles. The van der Waals surface area contributed by atoms with Gasteiger partial charge in [0.2, 0.25) is 0 Å². The minimum atomic E-state index is -1.30. The number of hydrogen-bond acceptors (Lipinski definition) is 6. The Kier molecular flexibility index (Phi) is 5.83. The lowest BCUT2D eigenvalue weighted by molar-refractivity contribution is -0.205. The monoisotopic (exact) mass is 300 g/mol. The molecule has 0 saturated carbocycles. The van der Waals surface area contributed by atoms with E-state index in [4.69, 9.17) is 9.84 Å². The van der Waals surface area contributed by atoms with Gasteiger partial charge in [-0.15, -0.1) is 11.8 Å². The molecule has 0 bridgehead atoms. The molecule has 0 radical (unpaired) electrons. The lowest BCUT2D eigenvalue weighted by Crippen LogP contribution is -2.57. The van der Waals surface area contributed by atoms with Crippen molar-refractivity contribution in [3.8, 4) is 0 Å². The second kappa shape index (κ2) is 7.40. The average molecular weight is 300 g/mol. The number of aliphatic hydroxyl groups is 4. The van der Waals surface area contributed by atoms with Crippen molar-refractivity contribution >= 4 is 11.8 Å². The Morgan fingerprint density at radius 1 is 1.00 bits per heavy atom. The van der Waals surface area contributed by atoms with Crippen LogP contribution in [0.3, 0.4) is 0 Å². The Morgan fingerprint density at radius 2 is 1.70 bits per heavy atom. The Morgan fingerprint density at radius 3 is 2.35 bits per heavy atom. The van der Waals surface area contributed by atoms with Crippen molar-refractivity contribution < 1.29 is 25.2 Å². The number of benzene rings is 1. The van der Waals surface area contributed by atoms with E-state index in [0.717, 1.165) is 6.42 Å². The fourth-order valence-corrected chi connectivity index (χ4v) is 3.31. The number of rotatable bonds is 5. The Bertz CT molecular complexity index is 400. The maximum atomic E-state index is 9.88. The zero-order valence-corrected chi connectivity index (χ0v) is 11.8. The van der Waals surface area contributed by atoms with Crippen molar-refractivity contribution in [2.75, 3.05) is 12.4 Å². The zero-order chi connectivity index (χ0) is 14.5. The van der Waals surface area contributed by atoms with Gasteiger partial charge in [0.15, 0.2) is 0 Å². The van der Waals surface area contributed by atoms with Crippen LogP contribution in [0.1, 0.15) is 5.56 Å². The van der Waals surface area contributed by atoms with Crippen LogP contribution in [0.25, 0.3) is 0 Å². The van der Waals surface area contributed by atoms with Crippen LogP contribution in [0.15, 0.2) is 30.3 Å². The van der Waals surface area contributed by atoms with Crippen LogP contribution in [0.5, 0.6) is 0 Å². The summed E-state index contributed by atoms with van der Waals surface area (Å²) in [5.41, 5.74) is 0.541. The summed E-state index contributed by atoms with van der Waals surface area (Å²) in [5, 5.41) is 38.3. The van der Waals surface area contributed by atoms with Crippen molar-refractivity contribution in [3.63, 3.8) is 0 Å². The van der Waals surface area contributed by atoms with Gasteiger partial charge in [-0.3, -0.25) is 0 Å². The van der Waals surface area contributed by atoms with Gasteiger partial charge in [-0.25, -0.2) is 0 Å². The summed E-state index contributed by atoms with van der Waals surface area (Å²) in [6, 6.07) is 9.93. The highest BCUT2D eigenvalue weighted by atomic mass is 32.2. The molecule has 4 N–H and O–H groups in total. The quantitative estimate of drug-likeness (QED) is 0.600. The van der Waals surface area contributed by atoms with E-state index >= 15 is 0 Å². The molecule has 2 rings (SSSR count). The molecular weight excluding hydrogens is 280 g/mol. The SMILES string of the molecule is OC[C@H]1O[C@@H](SCCc2ccccc2)[C@H](O)[C@@H](O)[C@@H]1O. The third-order valence-electron chi connectivity index (χ3n) is 3.36. The lowest BCUT2D eigenvalue weighted by Gasteiger charge is -2.39. The summed E-state index contributed by atoms with van der Waals surface area (Å²) in [6.07, 6.45) is -3.76. The third kappa shape index (κ3) is 3.72. The average Bonchev–Trinajstić information content (AvgIpc) is 2.48. The largest absolute Gasteiger partial charge is 0.394 e. The predicted molar refractivity (Wildman–Crippen MR) is 76.4 cm³/mol. The second-order valence-electron chi connectivity index (χ2n) is 4.80. The van der Waals surface area contributed by atoms with Gasteiger partial charge in [0.05, 0.1) is 6.61 Å². The zero-order valence-electron chi connectivity index (χ0n) is 11.0. The Labute approximate surface area is 122 Å². The molecule has 1 aliphatic rings. The predicted octanol–water partition coefficient (Wildman–Crippen LogP) is -0.238. The third-order valence-corrected chi connectivity index (χ3v) is 4.52. The van der Waals surface area contributed by atoms with Crippen molar-refractivity contribution in [3.05, 3.63) is 35.9 Å². The molecule has 5 nitrogen and oxygen atoms in total. The van der Waals surface area contributed by atoms with Gasteiger partial charge in [0.25, 0.3) is 0 Å². The molecule has 1 aromatic carbocycles. The van der Waals surface area contributed by atoms with E-state index in [0.29, 0.717) is 5.75 Å². The van der Waals surface area contributed by atoms with Gasteiger partial charge < -0.3 is 25.2 Å². The molecule has 20 heavy (non-hydrogen) atoms. The molecule has 1 saturated heterocycles. The topological polar surface area (TPSA) is 90.2 Å². The maximum absolute atomic E-state index is 9.88. The first kappa shape index (κ1) is 15.8. The first-order valence-electron chi connectivity index (χ1n) is 6.59. The fourth-order valence-electron chi connectivity index (χ4n) is 2.14. The smallest absolute Gasteiger partial charge is 0.132 e. The molecule has 0 aromatic heterocycles. The fraction of sp³-hybridized carbons (Fsp3) is 0.571.